The highest BCUT2D eigenvalue weighted by Gasteiger charge is 2.35. The first kappa shape index (κ1) is 19.0. The maximum Gasteiger partial charge on any atom is 0.303 e. The molecule has 2 amide bonds. The summed E-state index contributed by atoms with van der Waals surface area (Å²) in [5.74, 6) is 1.03. The summed E-state index contributed by atoms with van der Waals surface area (Å²) in [4.78, 5) is 27.7. The van der Waals surface area contributed by atoms with E-state index in [0.717, 1.165) is 25.7 Å². The molecule has 0 saturated heterocycles. The van der Waals surface area contributed by atoms with Gasteiger partial charge in [-0.05, 0) is 42.3 Å². The van der Waals surface area contributed by atoms with Gasteiger partial charge in [-0.1, -0.05) is 37.5 Å². The predicted octanol–water partition coefficient (Wildman–Crippen LogP) is 3.61. The largest absolute Gasteiger partial charge is 0.506 e. The van der Waals surface area contributed by atoms with Gasteiger partial charge in [0, 0.05) is 10.9 Å². The molecule has 1 aliphatic rings. The molecule has 1 aromatic carbocycles. The van der Waals surface area contributed by atoms with Gasteiger partial charge in [0.1, 0.15) is 5.75 Å². The van der Waals surface area contributed by atoms with Gasteiger partial charge in [0.25, 0.3) is 0 Å². The van der Waals surface area contributed by atoms with Gasteiger partial charge in [0.2, 0.25) is 5.91 Å². The highest BCUT2D eigenvalue weighted by atomic mass is 32.1. The lowest BCUT2D eigenvalue weighted by molar-refractivity contribution is -0.125. The highest BCUT2D eigenvalue weighted by Crippen LogP contribution is 2.36. The number of nitrogens with one attached hydrogen (secondary N) is 1. The Morgan fingerprint density at radius 3 is 2.56 bits per heavy atom. The van der Waals surface area contributed by atoms with Crippen LogP contribution in [0.4, 0.5) is 5.69 Å². The number of rotatable bonds is 5. The van der Waals surface area contributed by atoms with Crippen LogP contribution in [0.15, 0.2) is 41.8 Å². The summed E-state index contributed by atoms with van der Waals surface area (Å²) in [5, 5.41) is 15.2. The van der Waals surface area contributed by atoms with Crippen LogP contribution in [-0.4, -0.2) is 23.0 Å². The Bertz CT molecular complexity index is 835. The van der Waals surface area contributed by atoms with Crippen LogP contribution in [0, 0.1) is 12.3 Å². The molecule has 1 fully saturated rings. The number of hydrogen-bond acceptors (Lipinski definition) is 4. The van der Waals surface area contributed by atoms with E-state index in [9.17, 15) is 14.7 Å². The van der Waals surface area contributed by atoms with Crippen molar-refractivity contribution in [1.29, 1.82) is 0 Å². The summed E-state index contributed by atoms with van der Waals surface area (Å²) in [6.07, 6.45) is 10.6. The maximum absolute atomic E-state index is 13.2. The Morgan fingerprint density at radius 2 is 1.93 bits per heavy atom. The zero-order valence-corrected chi connectivity index (χ0v) is 15.7. The van der Waals surface area contributed by atoms with Gasteiger partial charge in [-0.25, -0.2) is 0 Å². The summed E-state index contributed by atoms with van der Waals surface area (Å²) in [6, 6.07) is 9.19. The van der Waals surface area contributed by atoms with Gasteiger partial charge >= 0.3 is 5.91 Å². The SMILES string of the molecule is C#CC(=O)N(c1ccccc1O)C(C(=O)NC1CCCCC1)c1cccs1. The number of benzene rings is 1. The van der Waals surface area contributed by atoms with Crippen molar-refractivity contribution in [3.05, 3.63) is 46.7 Å². The fourth-order valence-corrected chi connectivity index (χ4v) is 4.26. The molecule has 5 nitrogen and oxygen atoms in total. The fraction of sp³-hybridized carbons (Fsp3) is 0.333. The number of anilines is 1. The summed E-state index contributed by atoms with van der Waals surface area (Å²) in [7, 11) is 0. The highest BCUT2D eigenvalue weighted by molar-refractivity contribution is 7.10. The van der Waals surface area contributed by atoms with Crippen molar-refractivity contribution >= 4 is 28.8 Å². The van der Waals surface area contributed by atoms with Crippen molar-refractivity contribution < 1.29 is 14.7 Å². The van der Waals surface area contributed by atoms with Crippen LogP contribution in [-0.2, 0) is 9.59 Å². The molecule has 2 aromatic rings. The van der Waals surface area contributed by atoms with Crippen LogP contribution in [0.5, 0.6) is 5.75 Å². The molecule has 1 saturated carbocycles. The monoisotopic (exact) mass is 382 g/mol. The molecular formula is C21H22N2O3S. The van der Waals surface area contributed by atoms with E-state index in [4.69, 9.17) is 6.42 Å². The number of phenols is 1. The van der Waals surface area contributed by atoms with Gasteiger partial charge in [-0.2, -0.15) is 0 Å². The normalized spacial score (nSPS) is 15.5. The third kappa shape index (κ3) is 4.32. The molecular weight excluding hydrogens is 360 g/mol. The Balaban J connectivity index is 1.99. The zero-order chi connectivity index (χ0) is 19.2. The van der Waals surface area contributed by atoms with E-state index in [0.29, 0.717) is 4.88 Å². The van der Waals surface area contributed by atoms with Crippen LogP contribution < -0.4 is 10.2 Å². The van der Waals surface area contributed by atoms with Crippen LogP contribution in [0.3, 0.4) is 0 Å². The summed E-state index contributed by atoms with van der Waals surface area (Å²) in [6.45, 7) is 0. The lowest BCUT2D eigenvalue weighted by Gasteiger charge is -2.31. The molecule has 0 radical (unpaired) electrons. The first-order valence-corrected chi connectivity index (χ1v) is 9.91. The number of para-hydroxylation sites is 2. The number of phenolic OH excluding ortho intramolecular Hbond substituents is 1. The molecule has 3 rings (SSSR count). The standard InChI is InChI=1S/C21H22N2O3S/c1-2-19(25)23(16-11-6-7-12-17(16)24)20(18-13-8-14-27-18)21(26)22-15-9-4-3-5-10-15/h1,6-8,11-15,20,24H,3-5,9-10H2,(H,22,26). The number of nitrogens with zero attached hydrogens (tertiary/aromatic N) is 1. The number of aromatic hydroxyl groups is 1. The van der Waals surface area contributed by atoms with Crippen molar-refractivity contribution in [3.8, 4) is 18.1 Å². The second-order valence-electron chi connectivity index (χ2n) is 6.57. The zero-order valence-electron chi connectivity index (χ0n) is 14.9. The number of carbonyl (C=O) groups is 2. The Kier molecular flexibility index (Phi) is 6.15. The first-order valence-electron chi connectivity index (χ1n) is 9.03. The van der Waals surface area contributed by atoms with E-state index in [1.807, 2.05) is 11.4 Å². The van der Waals surface area contributed by atoms with Crippen molar-refractivity contribution in [1.82, 2.24) is 5.32 Å². The third-order valence-corrected chi connectivity index (χ3v) is 5.68. The molecule has 1 heterocycles. The summed E-state index contributed by atoms with van der Waals surface area (Å²) in [5.41, 5.74) is 0.220. The maximum atomic E-state index is 13.2. The molecule has 140 valence electrons. The van der Waals surface area contributed by atoms with E-state index in [2.05, 4.69) is 11.2 Å². The molecule has 0 bridgehead atoms. The van der Waals surface area contributed by atoms with Gasteiger partial charge in [0.15, 0.2) is 6.04 Å². The van der Waals surface area contributed by atoms with Gasteiger partial charge in [0.05, 0.1) is 5.69 Å². The lowest BCUT2D eigenvalue weighted by atomic mass is 9.95. The second kappa shape index (κ2) is 8.74. The Labute approximate surface area is 163 Å². The lowest BCUT2D eigenvalue weighted by Crippen LogP contribution is -2.46. The first-order chi connectivity index (χ1) is 13.1. The molecule has 1 aliphatic carbocycles. The van der Waals surface area contributed by atoms with Crippen molar-refractivity contribution in [2.45, 2.75) is 44.2 Å². The molecule has 2 N–H and O–H groups in total. The number of thiophene rings is 1. The van der Waals surface area contributed by atoms with E-state index in [-0.39, 0.29) is 23.4 Å². The minimum Gasteiger partial charge on any atom is -0.506 e. The minimum atomic E-state index is -0.927. The third-order valence-electron chi connectivity index (χ3n) is 4.75. The Morgan fingerprint density at radius 1 is 1.19 bits per heavy atom. The summed E-state index contributed by atoms with van der Waals surface area (Å²) >= 11 is 1.37. The molecule has 1 aromatic heterocycles. The number of terminal acetylenes is 1. The predicted molar refractivity (Wildman–Crippen MR) is 107 cm³/mol. The quantitative estimate of drug-likeness (QED) is 0.776. The second-order valence-corrected chi connectivity index (χ2v) is 7.55. The fourth-order valence-electron chi connectivity index (χ4n) is 3.45. The molecule has 1 unspecified atom stereocenters. The van der Waals surface area contributed by atoms with E-state index < -0.39 is 11.9 Å². The average molecular weight is 382 g/mol. The van der Waals surface area contributed by atoms with E-state index in [1.54, 1.807) is 24.3 Å². The van der Waals surface area contributed by atoms with Gasteiger partial charge in [-0.15, -0.1) is 17.8 Å². The van der Waals surface area contributed by atoms with Crippen molar-refractivity contribution in [3.63, 3.8) is 0 Å². The van der Waals surface area contributed by atoms with Crippen molar-refractivity contribution in [2.24, 2.45) is 0 Å². The number of carbonyl (C=O) groups excluding carboxylic acids is 2. The van der Waals surface area contributed by atoms with E-state index in [1.165, 1.54) is 28.7 Å². The Hall–Kier alpha value is -2.78. The molecule has 6 heteroatoms. The number of hydrogen-bond donors (Lipinski definition) is 2. The smallest absolute Gasteiger partial charge is 0.303 e. The topological polar surface area (TPSA) is 69.6 Å². The van der Waals surface area contributed by atoms with Crippen LogP contribution >= 0.6 is 11.3 Å². The van der Waals surface area contributed by atoms with Crippen molar-refractivity contribution in [2.75, 3.05) is 4.90 Å². The van der Waals surface area contributed by atoms with Gasteiger partial charge in [-0.3, -0.25) is 14.5 Å². The van der Waals surface area contributed by atoms with E-state index >= 15 is 0 Å². The minimum absolute atomic E-state index is 0.0980. The summed E-state index contributed by atoms with van der Waals surface area (Å²) < 4.78 is 0. The van der Waals surface area contributed by atoms with Gasteiger partial charge < -0.3 is 10.4 Å². The van der Waals surface area contributed by atoms with Crippen LogP contribution in [0.2, 0.25) is 0 Å². The van der Waals surface area contributed by atoms with Crippen LogP contribution in [0.1, 0.15) is 43.0 Å². The van der Waals surface area contributed by atoms with Crippen LogP contribution in [0.25, 0.3) is 0 Å². The average Bonchev–Trinajstić information content (AvgIpc) is 3.21. The number of amides is 2. The molecule has 27 heavy (non-hydrogen) atoms. The molecule has 0 spiro atoms. The molecule has 1 atom stereocenters. The molecule has 0 aliphatic heterocycles.